The van der Waals surface area contributed by atoms with Crippen LogP contribution in [0.1, 0.15) is 10.4 Å². The first-order valence-electron chi connectivity index (χ1n) is 4.07. The minimum atomic E-state index is -3.72. The summed E-state index contributed by atoms with van der Waals surface area (Å²) in [5.41, 5.74) is -1.16. The summed E-state index contributed by atoms with van der Waals surface area (Å²) in [4.78, 5) is 11.2. The number of sulfone groups is 1. The Bertz CT molecular complexity index is 537. The Balaban J connectivity index is 3.24. The van der Waals surface area contributed by atoms with Crippen molar-refractivity contribution < 1.29 is 26.4 Å². The largest absolute Gasteiger partial charge is 0.293 e. The zero-order valence-corrected chi connectivity index (χ0v) is 8.95. The minimum Gasteiger partial charge on any atom is -0.293 e. The normalized spacial score (nSPS) is 11.5. The van der Waals surface area contributed by atoms with E-state index in [1.54, 1.807) is 0 Å². The lowest BCUT2D eigenvalue weighted by molar-refractivity contribution is 0.101. The van der Waals surface area contributed by atoms with Gasteiger partial charge in [0.25, 0.3) is 0 Å². The summed E-state index contributed by atoms with van der Waals surface area (Å²) < 4.78 is 60.3. The Hall–Kier alpha value is -1.37. The lowest BCUT2D eigenvalue weighted by Crippen LogP contribution is -2.18. The number of halogens is 3. The van der Waals surface area contributed by atoms with Gasteiger partial charge < -0.3 is 0 Å². The number of rotatable bonds is 3. The number of carbonyl (C=O) groups excluding carboxylic acids is 1. The van der Waals surface area contributed by atoms with Gasteiger partial charge in [-0.3, -0.25) is 4.79 Å². The average molecular weight is 252 g/mol. The zero-order chi connectivity index (χ0) is 12.5. The molecule has 0 unspecified atom stereocenters. The third-order valence-corrected chi connectivity index (χ3v) is 2.50. The molecule has 0 aliphatic carbocycles. The van der Waals surface area contributed by atoms with Gasteiger partial charge in [-0.25, -0.2) is 21.6 Å². The highest BCUT2D eigenvalue weighted by Gasteiger charge is 2.23. The number of carbonyl (C=O) groups is 1. The second kappa shape index (κ2) is 4.25. The van der Waals surface area contributed by atoms with Crippen LogP contribution in [0.2, 0.25) is 0 Å². The number of ketones is 1. The Labute approximate surface area is 89.8 Å². The lowest BCUT2D eigenvalue weighted by Gasteiger charge is -2.03. The smallest absolute Gasteiger partial charge is 0.183 e. The lowest BCUT2D eigenvalue weighted by atomic mass is 10.1. The fraction of sp³-hybridized carbons (Fsp3) is 0.222. The van der Waals surface area contributed by atoms with Crippen molar-refractivity contribution >= 4 is 15.6 Å². The predicted octanol–water partition coefficient (Wildman–Crippen LogP) is 1.33. The van der Waals surface area contributed by atoms with E-state index in [2.05, 4.69) is 0 Å². The Morgan fingerprint density at radius 3 is 2.19 bits per heavy atom. The summed E-state index contributed by atoms with van der Waals surface area (Å²) >= 11 is 0. The van der Waals surface area contributed by atoms with Gasteiger partial charge in [0.05, 0.1) is 5.56 Å². The Morgan fingerprint density at radius 2 is 1.69 bits per heavy atom. The molecule has 0 fully saturated rings. The van der Waals surface area contributed by atoms with Gasteiger partial charge in [0, 0.05) is 6.26 Å². The van der Waals surface area contributed by atoms with Crippen LogP contribution in [0, 0.1) is 17.5 Å². The molecule has 0 aliphatic rings. The van der Waals surface area contributed by atoms with E-state index in [9.17, 15) is 26.4 Å². The highest BCUT2D eigenvalue weighted by Crippen LogP contribution is 2.16. The van der Waals surface area contributed by atoms with Crippen molar-refractivity contribution in [3.63, 3.8) is 0 Å². The SMILES string of the molecule is CS(=O)(=O)CC(=O)c1c(F)ccc(F)c1F. The molecule has 1 aromatic carbocycles. The van der Waals surface area contributed by atoms with Gasteiger partial charge in [-0.05, 0) is 12.1 Å². The number of Topliss-reactive ketones (excluding diaryl/α,β-unsaturated/α-hetero) is 1. The van der Waals surface area contributed by atoms with Crippen molar-refractivity contribution in [2.45, 2.75) is 0 Å². The fourth-order valence-corrected chi connectivity index (χ4v) is 1.71. The molecule has 0 aromatic heterocycles. The van der Waals surface area contributed by atoms with Gasteiger partial charge >= 0.3 is 0 Å². The molecule has 0 saturated carbocycles. The summed E-state index contributed by atoms with van der Waals surface area (Å²) in [7, 11) is -3.72. The topological polar surface area (TPSA) is 51.2 Å². The maximum atomic E-state index is 13.1. The van der Waals surface area contributed by atoms with E-state index in [-0.39, 0.29) is 0 Å². The van der Waals surface area contributed by atoms with Crippen LogP contribution in [0.4, 0.5) is 13.2 Å². The van der Waals surface area contributed by atoms with E-state index in [1.807, 2.05) is 0 Å². The second-order valence-corrected chi connectivity index (χ2v) is 5.35. The first-order valence-corrected chi connectivity index (χ1v) is 6.13. The van der Waals surface area contributed by atoms with Crippen molar-refractivity contribution in [1.29, 1.82) is 0 Å². The third-order valence-electron chi connectivity index (χ3n) is 1.72. The van der Waals surface area contributed by atoms with Crippen LogP contribution in [-0.2, 0) is 9.84 Å². The molecule has 0 aliphatic heterocycles. The monoisotopic (exact) mass is 252 g/mol. The molecule has 0 heterocycles. The van der Waals surface area contributed by atoms with E-state index in [0.29, 0.717) is 12.1 Å². The Morgan fingerprint density at radius 1 is 1.19 bits per heavy atom. The maximum Gasteiger partial charge on any atom is 0.183 e. The van der Waals surface area contributed by atoms with E-state index in [4.69, 9.17) is 0 Å². The third kappa shape index (κ3) is 2.82. The Kier molecular flexibility index (Phi) is 3.37. The first-order chi connectivity index (χ1) is 7.22. The molecular formula is C9H7F3O3S. The standard InChI is InChI=1S/C9H7F3O3S/c1-16(14,15)4-7(13)8-5(10)2-3-6(11)9(8)12/h2-3H,4H2,1H3. The number of benzene rings is 1. The summed E-state index contributed by atoms with van der Waals surface area (Å²) in [5, 5.41) is 0. The van der Waals surface area contributed by atoms with Gasteiger partial charge in [0.2, 0.25) is 0 Å². The molecule has 88 valence electrons. The highest BCUT2D eigenvalue weighted by molar-refractivity contribution is 7.91. The predicted molar refractivity (Wildman–Crippen MR) is 50.4 cm³/mol. The van der Waals surface area contributed by atoms with Crippen LogP contribution in [-0.4, -0.2) is 26.2 Å². The number of hydrogen-bond donors (Lipinski definition) is 0. The summed E-state index contributed by atoms with van der Waals surface area (Å²) in [5.74, 6) is -6.74. The molecule has 0 saturated heterocycles. The van der Waals surface area contributed by atoms with Crippen LogP contribution < -0.4 is 0 Å². The molecule has 0 atom stereocenters. The van der Waals surface area contributed by atoms with Gasteiger partial charge in [-0.1, -0.05) is 0 Å². The second-order valence-electron chi connectivity index (χ2n) is 3.21. The van der Waals surface area contributed by atoms with E-state index < -0.39 is 44.4 Å². The van der Waals surface area contributed by atoms with Crippen molar-refractivity contribution in [3.05, 3.63) is 35.1 Å². The molecule has 1 aromatic rings. The molecular weight excluding hydrogens is 245 g/mol. The molecule has 0 spiro atoms. The molecule has 7 heteroatoms. The van der Waals surface area contributed by atoms with Crippen LogP contribution in [0.3, 0.4) is 0 Å². The van der Waals surface area contributed by atoms with Crippen molar-refractivity contribution in [2.24, 2.45) is 0 Å². The van der Waals surface area contributed by atoms with Crippen molar-refractivity contribution in [1.82, 2.24) is 0 Å². The van der Waals surface area contributed by atoms with E-state index in [1.165, 1.54) is 0 Å². The minimum absolute atomic E-state index is 0.516. The van der Waals surface area contributed by atoms with Gasteiger partial charge in [-0.15, -0.1) is 0 Å². The van der Waals surface area contributed by atoms with Gasteiger partial charge in [-0.2, -0.15) is 0 Å². The molecule has 0 amide bonds. The van der Waals surface area contributed by atoms with E-state index >= 15 is 0 Å². The van der Waals surface area contributed by atoms with Crippen molar-refractivity contribution in [2.75, 3.05) is 12.0 Å². The summed E-state index contributed by atoms with van der Waals surface area (Å²) in [6.45, 7) is 0. The quantitative estimate of drug-likeness (QED) is 0.602. The fourth-order valence-electron chi connectivity index (χ4n) is 1.09. The van der Waals surface area contributed by atoms with Gasteiger partial charge in [0.1, 0.15) is 11.6 Å². The first kappa shape index (κ1) is 12.7. The van der Waals surface area contributed by atoms with Gasteiger partial charge in [0.15, 0.2) is 27.3 Å². The van der Waals surface area contributed by atoms with Crippen molar-refractivity contribution in [3.8, 4) is 0 Å². The molecule has 3 nitrogen and oxygen atoms in total. The number of hydrogen-bond acceptors (Lipinski definition) is 3. The molecule has 0 bridgehead atoms. The molecule has 0 radical (unpaired) electrons. The zero-order valence-electron chi connectivity index (χ0n) is 8.13. The van der Waals surface area contributed by atoms with Crippen LogP contribution in [0.25, 0.3) is 0 Å². The van der Waals surface area contributed by atoms with Crippen LogP contribution >= 0.6 is 0 Å². The molecule has 0 N–H and O–H groups in total. The van der Waals surface area contributed by atoms with Crippen LogP contribution in [0.5, 0.6) is 0 Å². The highest BCUT2D eigenvalue weighted by atomic mass is 32.2. The molecule has 16 heavy (non-hydrogen) atoms. The maximum absolute atomic E-state index is 13.1. The summed E-state index contributed by atoms with van der Waals surface area (Å²) in [6, 6.07) is 1.08. The van der Waals surface area contributed by atoms with E-state index in [0.717, 1.165) is 6.26 Å². The average Bonchev–Trinajstić information content (AvgIpc) is 2.09. The summed E-state index contributed by atoms with van der Waals surface area (Å²) in [6.07, 6.45) is 0.736. The molecule has 1 rings (SSSR count). The van der Waals surface area contributed by atoms with Crippen LogP contribution in [0.15, 0.2) is 12.1 Å².